The number of aliphatic carboxylic acids is 1. The molecule has 0 unspecified atom stereocenters. The number of carboxylic acid groups (broad SMARTS) is 1. The Morgan fingerprint density at radius 3 is 3.06 bits per heavy atom. The molecule has 18 heavy (non-hydrogen) atoms. The largest absolute Gasteiger partial charge is 0.481 e. The SMILES string of the molecule is O=C(O)Cc1cc(-c2c[nH]c3ccccc23)on1. The number of fused-ring (bicyclic) bond motifs is 1. The molecule has 0 saturated heterocycles. The zero-order chi connectivity index (χ0) is 12.5. The Morgan fingerprint density at radius 1 is 1.39 bits per heavy atom. The van der Waals surface area contributed by atoms with Crippen LogP contribution in [0.1, 0.15) is 5.69 Å². The fourth-order valence-electron chi connectivity index (χ4n) is 1.95. The third-order valence-electron chi connectivity index (χ3n) is 2.75. The number of benzene rings is 1. The molecule has 0 spiro atoms. The van der Waals surface area contributed by atoms with E-state index in [1.54, 1.807) is 6.07 Å². The second-order valence-corrected chi connectivity index (χ2v) is 4.00. The topological polar surface area (TPSA) is 79.1 Å². The first-order chi connectivity index (χ1) is 8.74. The lowest BCUT2D eigenvalue weighted by Crippen LogP contribution is -1.99. The molecule has 0 amide bonds. The van der Waals surface area contributed by atoms with Gasteiger partial charge in [-0.05, 0) is 6.07 Å². The summed E-state index contributed by atoms with van der Waals surface area (Å²) in [4.78, 5) is 13.7. The first kappa shape index (κ1) is 10.6. The van der Waals surface area contributed by atoms with E-state index in [-0.39, 0.29) is 6.42 Å². The summed E-state index contributed by atoms with van der Waals surface area (Å²) in [7, 11) is 0. The maximum absolute atomic E-state index is 10.6. The van der Waals surface area contributed by atoms with Crippen molar-refractivity contribution in [2.24, 2.45) is 0 Å². The highest BCUT2D eigenvalue weighted by Gasteiger charge is 2.12. The predicted octanol–water partition coefficient (Wildman–Crippen LogP) is 2.45. The van der Waals surface area contributed by atoms with Crippen molar-refractivity contribution in [2.75, 3.05) is 0 Å². The Bertz CT molecular complexity index is 712. The minimum Gasteiger partial charge on any atom is -0.481 e. The van der Waals surface area contributed by atoms with E-state index < -0.39 is 5.97 Å². The molecule has 0 atom stereocenters. The molecule has 5 nitrogen and oxygen atoms in total. The van der Waals surface area contributed by atoms with Gasteiger partial charge in [-0.15, -0.1) is 0 Å². The number of nitrogens with one attached hydrogen (secondary N) is 1. The standard InChI is InChI=1S/C13H10N2O3/c16-13(17)6-8-5-12(18-15-8)10-7-14-11-4-2-1-3-9(10)11/h1-5,7,14H,6H2,(H,16,17). The number of hydrogen-bond donors (Lipinski definition) is 2. The van der Waals surface area contributed by atoms with Crippen LogP contribution >= 0.6 is 0 Å². The Balaban J connectivity index is 2.04. The zero-order valence-corrected chi connectivity index (χ0v) is 9.38. The summed E-state index contributed by atoms with van der Waals surface area (Å²) in [6.45, 7) is 0. The van der Waals surface area contributed by atoms with Gasteiger partial charge in [-0.3, -0.25) is 4.79 Å². The van der Waals surface area contributed by atoms with Crippen molar-refractivity contribution in [3.8, 4) is 11.3 Å². The lowest BCUT2D eigenvalue weighted by atomic mass is 10.1. The second-order valence-electron chi connectivity index (χ2n) is 4.00. The molecule has 0 fully saturated rings. The fourth-order valence-corrected chi connectivity index (χ4v) is 1.95. The Morgan fingerprint density at radius 2 is 2.22 bits per heavy atom. The summed E-state index contributed by atoms with van der Waals surface area (Å²) in [5, 5.41) is 13.5. The van der Waals surface area contributed by atoms with Crippen molar-refractivity contribution >= 4 is 16.9 Å². The lowest BCUT2D eigenvalue weighted by molar-refractivity contribution is -0.136. The van der Waals surface area contributed by atoms with Gasteiger partial charge in [0.25, 0.3) is 0 Å². The van der Waals surface area contributed by atoms with Crippen molar-refractivity contribution in [1.82, 2.24) is 10.1 Å². The van der Waals surface area contributed by atoms with E-state index >= 15 is 0 Å². The van der Waals surface area contributed by atoms with Gasteiger partial charge >= 0.3 is 5.97 Å². The van der Waals surface area contributed by atoms with E-state index in [4.69, 9.17) is 9.63 Å². The zero-order valence-electron chi connectivity index (χ0n) is 9.38. The summed E-state index contributed by atoms with van der Waals surface area (Å²) < 4.78 is 5.18. The van der Waals surface area contributed by atoms with E-state index in [0.29, 0.717) is 11.5 Å². The molecular formula is C13H10N2O3. The molecule has 3 aromatic rings. The van der Waals surface area contributed by atoms with Crippen molar-refractivity contribution < 1.29 is 14.4 Å². The molecule has 2 N–H and O–H groups in total. The summed E-state index contributed by atoms with van der Waals surface area (Å²) >= 11 is 0. The highest BCUT2D eigenvalue weighted by atomic mass is 16.5. The van der Waals surface area contributed by atoms with Crippen molar-refractivity contribution in [3.05, 3.63) is 42.2 Å². The molecule has 2 heterocycles. The van der Waals surface area contributed by atoms with Crippen LogP contribution in [0.2, 0.25) is 0 Å². The number of H-pyrrole nitrogens is 1. The van der Waals surface area contributed by atoms with E-state index in [9.17, 15) is 4.79 Å². The lowest BCUT2D eigenvalue weighted by Gasteiger charge is -1.91. The maximum atomic E-state index is 10.6. The summed E-state index contributed by atoms with van der Waals surface area (Å²) in [6, 6.07) is 9.48. The third kappa shape index (κ3) is 1.75. The van der Waals surface area contributed by atoms with Crippen molar-refractivity contribution in [3.63, 3.8) is 0 Å². The van der Waals surface area contributed by atoms with Crippen molar-refractivity contribution in [2.45, 2.75) is 6.42 Å². The van der Waals surface area contributed by atoms with Gasteiger partial charge < -0.3 is 14.6 Å². The molecule has 2 aromatic heterocycles. The Hall–Kier alpha value is -2.56. The van der Waals surface area contributed by atoms with Crippen LogP contribution in [-0.2, 0) is 11.2 Å². The molecule has 0 bridgehead atoms. The third-order valence-corrected chi connectivity index (χ3v) is 2.75. The second kappa shape index (κ2) is 4.03. The average Bonchev–Trinajstić information content (AvgIpc) is 2.94. The van der Waals surface area contributed by atoms with E-state index in [0.717, 1.165) is 16.5 Å². The maximum Gasteiger partial charge on any atom is 0.309 e. The average molecular weight is 242 g/mol. The number of para-hydroxylation sites is 1. The normalized spacial score (nSPS) is 10.9. The highest BCUT2D eigenvalue weighted by molar-refractivity contribution is 5.94. The molecule has 5 heteroatoms. The van der Waals surface area contributed by atoms with Gasteiger partial charge in [-0.1, -0.05) is 23.4 Å². The predicted molar refractivity (Wildman–Crippen MR) is 65.1 cm³/mol. The van der Waals surface area contributed by atoms with Gasteiger partial charge in [0, 0.05) is 28.7 Å². The van der Waals surface area contributed by atoms with E-state index in [1.807, 2.05) is 30.5 Å². The van der Waals surface area contributed by atoms with Crippen LogP contribution in [0.25, 0.3) is 22.2 Å². The molecular weight excluding hydrogens is 232 g/mol. The van der Waals surface area contributed by atoms with Crippen LogP contribution in [0.5, 0.6) is 0 Å². The fraction of sp³-hybridized carbons (Fsp3) is 0.0769. The quantitative estimate of drug-likeness (QED) is 0.739. The highest BCUT2D eigenvalue weighted by Crippen LogP contribution is 2.28. The van der Waals surface area contributed by atoms with Crippen molar-refractivity contribution in [1.29, 1.82) is 0 Å². The van der Waals surface area contributed by atoms with E-state index in [1.165, 1.54) is 0 Å². The summed E-state index contributed by atoms with van der Waals surface area (Å²) in [5.41, 5.74) is 2.31. The molecule has 0 saturated carbocycles. The number of aromatic amines is 1. The summed E-state index contributed by atoms with van der Waals surface area (Å²) in [6.07, 6.45) is 1.70. The van der Waals surface area contributed by atoms with Gasteiger partial charge in [0.2, 0.25) is 0 Å². The summed E-state index contributed by atoms with van der Waals surface area (Å²) in [5.74, 6) is -0.350. The van der Waals surface area contributed by atoms with E-state index in [2.05, 4.69) is 10.1 Å². The van der Waals surface area contributed by atoms with Gasteiger partial charge in [0.15, 0.2) is 5.76 Å². The first-order valence-corrected chi connectivity index (χ1v) is 5.48. The van der Waals surface area contributed by atoms with Crippen LogP contribution in [0.15, 0.2) is 41.1 Å². The molecule has 0 radical (unpaired) electrons. The van der Waals surface area contributed by atoms with Crippen LogP contribution in [0.3, 0.4) is 0 Å². The number of rotatable bonds is 3. The monoisotopic (exact) mass is 242 g/mol. The smallest absolute Gasteiger partial charge is 0.309 e. The Labute approximate surface area is 102 Å². The van der Waals surface area contributed by atoms with Crippen LogP contribution in [-0.4, -0.2) is 21.2 Å². The van der Waals surface area contributed by atoms with Crippen LogP contribution < -0.4 is 0 Å². The molecule has 1 aromatic carbocycles. The van der Waals surface area contributed by atoms with Gasteiger partial charge in [-0.25, -0.2) is 0 Å². The molecule has 90 valence electrons. The van der Waals surface area contributed by atoms with Gasteiger partial charge in [0.05, 0.1) is 12.1 Å². The molecule has 3 rings (SSSR count). The van der Waals surface area contributed by atoms with Gasteiger partial charge in [-0.2, -0.15) is 0 Å². The minimum atomic E-state index is -0.922. The Kier molecular flexibility index (Phi) is 2.37. The number of carbonyl (C=O) groups is 1. The number of hydrogen-bond acceptors (Lipinski definition) is 3. The molecule has 0 aliphatic carbocycles. The molecule has 0 aliphatic rings. The van der Waals surface area contributed by atoms with Gasteiger partial charge in [0.1, 0.15) is 0 Å². The van der Waals surface area contributed by atoms with Crippen LogP contribution in [0, 0.1) is 0 Å². The van der Waals surface area contributed by atoms with Crippen LogP contribution in [0.4, 0.5) is 0 Å². The minimum absolute atomic E-state index is 0.133. The number of nitrogens with zero attached hydrogens (tertiary/aromatic N) is 1. The molecule has 0 aliphatic heterocycles. The number of carboxylic acids is 1. The number of aromatic nitrogens is 2. The first-order valence-electron chi connectivity index (χ1n) is 5.48.